The third-order valence-corrected chi connectivity index (χ3v) is 6.67. The van der Waals surface area contributed by atoms with Gasteiger partial charge in [0.1, 0.15) is 11.3 Å². The van der Waals surface area contributed by atoms with E-state index in [1.165, 1.54) is 0 Å². The summed E-state index contributed by atoms with van der Waals surface area (Å²) in [5, 5.41) is 0. The largest absolute Gasteiger partial charge is 0.497 e. The van der Waals surface area contributed by atoms with Gasteiger partial charge in [-0.15, -0.1) is 0 Å². The number of carbonyl (C=O) groups excluding carboxylic acids is 1. The number of hydrogen-bond acceptors (Lipinski definition) is 4. The van der Waals surface area contributed by atoms with Crippen LogP contribution in [-0.2, 0) is 17.9 Å². The molecule has 34 heavy (non-hydrogen) atoms. The van der Waals surface area contributed by atoms with Crippen molar-refractivity contribution in [3.05, 3.63) is 78.2 Å². The van der Waals surface area contributed by atoms with Crippen LogP contribution in [0.4, 0.5) is 0 Å². The lowest BCUT2D eigenvalue weighted by Crippen LogP contribution is -2.25. The van der Waals surface area contributed by atoms with Crippen LogP contribution in [0.25, 0.3) is 22.3 Å². The lowest BCUT2D eigenvalue weighted by atomic mass is 10.0. The maximum Gasteiger partial charge on any atom is 0.223 e. The standard InChI is InChI=1S/C28H30N4O2/c1-3-7-21-14-26(33)31(17-21)18-25-24(22-8-5-4-6-9-22)15-29-28-27(25)30-19-32(28)16-20-10-12-23(34-2)13-11-20/h4-6,8-13,15,19,21H,3,7,14,16-18H2,1-2H3. The molecular formula is C28H30N4O2. The van der Waals surface area contributed by atoms with Crippen LogP contribution in [0.2, 0.25) is 0 Å². The Morgan fingerprint density at radius 3 is 2.56 bits per heavy atom. The highest BCUT2D eigenvalue weighted by atomic mass is 16.5. The van der Waals surface area contributed by atoms with Crippen LogP contribution in [0.5, 0.6) is 5.75 Å². The van der Waals surface area contributed by atoms with Gasteiger partial charge in [-0.1, -0.05) is 55.8 Å². The number of carbonyl (C=O) groups is 1. The first-order valence-electron chi connectivity index (χ1n) is 11.9. The van der Waals surface area contributed by atoms with Gasteiger partial charge in [-0.2, -0.15) is 0 Å². The number of fused-ring (bicyclic) bond motifs is 1. The molecule has 1 unspecified atom stereocenters. The van der Waals surface area contributed by atoms with Crippen molar-refractivity contribution in [3.63, 3.8) is 0 Å². The van der Waals surface area contributed by atoms with Gasteiger partial charge >= 0.3 is 0 Å². The zero-order chi connectivity index (χ0) is 23.5. The van der Waals surface area contributed by atoms with E-state index in [0.29, 0.717) is 25.4 Å². The summed E-state index contributed by atoms with van der Waals surface area (Å²) in [6.45, 7) is 4.22. The SMILES string of the molecule is CCCC1CC(=O)N(Cc2c(-c3ccccc3)cnc3c2ncn3Cc2ccc(OC)cc2)C1. The third-order valence-electron chi connectivity index (χ3n) is 6.67. The molecular weight excluding hydrogens is 424 g/mol. The molecule has 1 fully saturated rings. The Morgan fingerprint density at radius 1 is 1.03 bits per heavy atom. The third kappa shape index (κ3) is 4.40. The summed E-state index contributed by atoms with van der Waals surface area (Å²) in [6.07, 6.45) is 6.64. The molecule has 1 aliphatic heterocycles. The lowest BCUT2D eigenvalue weighted by Gasteiger charge is -2.19. The molecule has 3 heterocycles. The average molecular weight is 455 g/mol. The Labute approximate surface area is 200 Å². The van der Waals surface area contributed by atoms with Crippen molar-refractivity contribution in [2.75, 3.05) is 13.7 Å². The van der Waals surface area contributed by atoms with Gasteiger partial charge in [-0.05, 0) is 35.6 Å². The lowest BCUT2D eigenvalue weighted by molar-refractivity contribution is -0.128. The Balaban J connectivity index is 1.52. The monoisotopic (exact) mass is 454 g/mol. The molecule has 0 spiro atoms. The van der Waals surface area contributed by atoms with Gasteiger partial charge in [0.05, 0.1) is 20.0 Å². The van der Waals surface area contributed by atoms with Crippen LogP contribution in [0.3, 0.4) is 0 Å². The Morgan fingerprint density at radius 2 is 1.82 bits per heavy atom. The normalized spacial score (nSPS) is 15.9. The van der Waals surface area contributed by atoms with Crippen LogP contribution in [0.15, 0.2) is 67.1 Å². The predicted octanol–water partition coefficient (Wildman–Crippen LogP) is 5.30. The van der Waals surface area contributed by atoms with Gasteiger partial charge in [0, 0.05) is 36.8 Å². The maximum absolute atomic E-state index is 12.8. The second-order valence-corrected chi connectivity index (χ2v) is 9.04. The minimum Gasteiger partial charge on any atom is -0.497 e. The number of rotatable bonds is 8. The Kier molecular flexibility index (Phi) is 6.30. The molecule has 2 aromatic carbocycles. The first-order valence-corrected chi connectivity index (χ1v) is 11.9. The van der Waals surface area contributed by atoms with Gasteiger partial charge < -0.3 is 14.2 Å². The number of likely N-dealkylation sites (tertiary alicyclic amines) is 1. The van der Waals surface area contributed by atoms with Crippen molar-refractivity contribution in [1.82, 2.24) is 19.4 Å². The minimum absolute atomic E-state index is 0.236. The molecule has 4 aromatic rings. The van der Waals surface area contributed by atoms with E-state index in [4.69, 9.17) is 14.7 Å². The van der Waals surface area contributed by atoms with Crippen molar-refractivity contribution in [2.24, 2.45) is 5.92 Å². The van der Waals surface area contributed by atoms with E-state index >= 15 is 0 Å². The summed E-state index contributed by atoms with van der Waals surface area (Å²) in [5.74, 6) is 1.52. The molecule has 0 radical (unpaired) electrons. The average Bonchev–Trinajstić information content (AvgIpc) is 3.43. The van der Waals surface area contributed by atoms with Gasteiger partial charge in [0.15, 0.2) is 5.65 Å². The molecule has 0 bridgehead atoms. The molecule has 6 nitrogen and oxygen atoms in total. The first kappa shape index (κ1) is 22.1. The molecule has 1 saturated heterocycles. The van der Waals surface area contributed by atoms with Crippen molar-refractivity contribution in [1.29, 1.82) is 0 Å². The quantitative estimate of drug-likeness (QED) is 0.362. The second-order valence-electron chi connectivity index (χ2n) is 9.04. The topological polar surface area (TPSA) is 60.2 Å². The fraction of sp³-hybridized carbons (Fsp3) is 0.321. The van der Waals surface area contributed by atoms with Crippen LogP contribution >= 0.6 is 0 Å². The zero-order valence-corrected chi connectivity index (χ0v) is 19.8. The van der Waals surface area contributed by atoms with Crippen LogP contribution in [0.1, 0.15) is 37.3 Å². The van der Waals surface area contributed by atoms with Gasteiger partial charge in [0.2, 0.25) is 5.91 Å². The maximum atomic E-state index is 12.8. The van der Waals surface area contributed by atoms with Crippen LogP contribution in [0, 0.1) is 5.92 Å². The molecule has 0 saturated carbocycles. The van der Waals surface area contributed by atoms with E-state index in [2.05, 4.69) is 35.8 Å². The number of benzene rings is 2. The van der Waals surface area contributed by atoms with Gasteiger partial charge in [-0.25, -0.2) is 9.97 Å². The first-order chi connectivity index (χ1) is 16.7. The zero-order valence-electron chi connectivity index (χ0n) is 19.8. The minimum atomic E-state index is 0.236. The number of pyridine rings is 1. The van der Waals surface area contributed by atoms with E-state index in [0.717, 1.165) is 58.6 Å². The highest BCUT2D eigenvalue weighted by Gasteiger charge is 2.30. The number of imidazole rings is 1. The van der Waals surface area contributed by atoms with Crippen LogP contribution < -0.4 is 4.74 Å². The molecule has 0 N–H and O–H groups in total. The van der Waals surface area contributed by atoms with E-state index in [9.17, 15) is 4.79 Å². The van der Waals surface area contributed by atoms with E-state index in [-0.39, 0.29) is 5.91 Å². The number of nitrogens with zero attached hydrogens (tertiary/aromatic N) is 4. The summed E-state index contributed by atoms with van der Waals surface area (Å²) in [5.41, 5.74) is 6.04. The highest BCUT2D eigenvalue weighted by molar-refractivity contribution is 5.85. The van der Waals surface area contributed by atoms with Gasteiger partial charge in [-0.3, -0.25) is 4.79 Å². The molecule has 174 valence electrons. The van der Waals surface area contributed by atoms with Crippen molar-refractivity contribution in [2.45, 2.75) is 39.3 Å². The van der Waals surface area contributed by atoms with Crippen molar-refractivity contribution in [3.8, 4) is 16.9 Å². The summed E-state index contributed by atoms with van der Waals surface area (Å²) in [6, 6.07) is 18.3. The van der Waals surface area contributed by atoms with Crippen LogP contribution in [-0.4, -0.2) is 39.0 Å². The molecule has 1 aliphatic rings. The van der Waals surface area contributed by atoms with Crippen molar-refractivity contribution < 1.29 is 9.53 Å². The number of hydrogen-bond donors (Lipinski definition) is 0. The van der Waals surface area contributed by atoms with Gasteiger partial charge in [0.25, 0.3) is 0 Å². The van der Waals surface area contributed by atoms with E-state index < -0.39 is 0 Å². The summed E-state index contributed by atoms with van der Waals surface area (Å²) >= 11 is 0. The molecule has 1 amide bonds. The highest BCUT2D eigenvalue weighted by Crippen LogP contribution is 2.32. The number of amides is 1. The number of methoxy groups -OCH3 is 1. The Bertz CT molecular complexity index is 1280. The fourth-order valence-corrected chi connectivity index (χ4v) is 4.92. The predicted molar refractivity (Wildman–Crippen MR) is 133 cm³/mol. The summed E-state index contributed by atoms with van der Waals surface area (Å²) < 4.78 is 7.35. The summed E-state index contributed by atoms with van der Waals surface area (Å²) in [7, 11) is 1.67. The molecule has 0 aliphatic carbocycles. The molecule has 6 heteroatoms. The second kappa shape index (κ2) is 9.67. The number of aromatic nitrogens is 3. The smallest absolute Gasteiger partial charge is 0.223 e. The fourth-order valence-electron chi connectivity index (χ4n) is 4.92. The number of ether oxygens (including phenoxy) is 1. The van der Waals surface area contributed by atoms with Crippen molar-refractivity contribution >= 4 is 17.1 Å². The van der Waals surface area contributed by atoms with E-state index in [1.54, 1.807) is 7.11 Å². The Hall–Kier alpha value is -3.67. The summed E-state index contributed by atoms with van der Waals surface area (Å²) in [4.78, 5) is 24.4. The molecule has 1 atom stereocenters. The van der Waals surface area contributed by atoms with E-state index in [1.807, 2.05) is 47.8 Å². The molecule has 2 aromatic heterocycles. The molecule has 5 rings (SSSR count).